The maximum atomic E-state index is 13.3. The van der Waals surface area contributed by atoms with Gasteiger partial charge >= 0.3 is 0 Å². The van der Waals surface area contributed by atoms with Crippen LogP contribution >= 0.6 is 0 Å². The zero-order valence-corrected chi connectivity index (χ0v) is 43.5. The van der Waals surface area contributed by atoms with Crippen LogP contribution in [-0.4, -0.2) is 185 Å². The molecule has 0 radical (unpaired) electrons. The molecule has 3 rings (SSSR count). The fraction of sp³-hybridized carbons (Fsp3) is 0.745. The Hall–Kier alpha value is -4.73. The number of carbonyl (C=O) groups is 7. The maximum absolute atomic E-state index is 13.3. The van der Waals surface area contributed by atoms with Gasteiger partial charge in [-0.1, -0.05) is 49.6 Å². The highest BCUT2D eigenvalue weighted by Crippen LogP contribution is 2.23. The van der Waals surface area contributed by atoms with Gasteiger partial charge in [-0.25, -0.2) is 0 Å². The molecule has 2 fully saturated rings. The molecule has 0 aliphatic carbocycles. The molecule has 12 atom stereocenters. The van der Waals surface area contributed by atoms with Crippen molar-refractivity contribution in [3.05, 3.63) is 35.9 Å². The Kier molecular flexibility index (Phi) is 31.3. The number of ether oxygens (including phenoxy) is 4. The van der Waals surface area contributed by atoms with Crippen molar-refractivity contribution in [1.29, 1.82) is 0 Å². The van der Waals surface area contributed by atoms with Crippen LogP contribution in [0, 0.1) is 0 Å². The van der Waals surface area contributed by atoms with Crippen LogP contribution in [0.2, 0.25) is 0 Å². The molecule has 24 heteroatoms. The van der Waals surface area contributed by atoms with Gasteiger partial charge in [-0.05, 0) is 83.6 Å². The lowest BCUT2D eigenvalue weighted by Gasteiger charge is -2.38. The van der Waals surface area contributed by atoms with Gasteiger partial charge in [-0.3, -0.25) is 38.9 Å². The zero-order chi connectivity index (χ0) is 55.1. The van der Waals surface area contributed by atoms with Crippen molar-refractivity contribution < 1.29 is 83.1 Å². The molecule has 75 heavy (non-hydrogen) atoms. The first-order valence-corrected chi connectivity index (χ1v) is 26.5. The molecule has 0 saturated carbocycles. The normalized spacial score (nSPS) is 24.3. The number of rotatable bonds is 36. The van der Waals surface area contributed by atoms with Crippen molar-refractivity contribution in [3.63, 3.8) is 0 Å². The van der Waals surface area contributed by atoms with E-state index in [-0.39, 0.29) is 87.9 Å². The largest absolute Gasteiger partial charge is 0.388 e. The second-order valence-corrected chi connectivity index (χ2v) is 19.2. The summed E-state index contributed by atoms with van der Waals surface area (Å²) in [5.41, 5.74) is 6.86. The average molecular weight is 1070 g/mol. The van der Waals surface area contributed by atoms with E-state index in [9.17, 15) is 64.2 Å². The van der Waals surface area contributed by atoms with Crippen molar-refractivity contribution in [2.75, 3.05) is 39.4 Å². The molecule has 2 aliphatic heterocycles. The van der Waals surface area contributed by atoms with Gasteiger partial charge in [0, 0.05) is 58.3 Å². The summed E-state index contributed by atoms with van der Waals surface area (Å²) in [6.45, 7) is 4.01. The van der Waals surface area contributed by atoms with Gasteiger partial charge in [-0.2, -0.15) is 0 Å². The van der Waals surface area contributed by atoms with Gasteiger partial charge in [0.2, 0.25) is 41.4 Å². The smallest absolute Gasteiger partial charge is 0.243 e. The van der Waals surface area contributed by atoms with Gasteiger partial charge in [0.05, 0.1) is 31.5 Å². The SMILES string of the molecule is C[C@@H]1O[C@@H](OCCNC(=O)CCCCCNC(=O)[C@H](CCCCNC(=O)CCCCC(=O)NCCO[C@@H]2O[C@@H](C)[C@@H](O)[C@@H](O)[C@@H]2O)NC(=O)CCCCCCC(=O)NC(=O)[C@@H](N)Cc2ccccc2)[C@@H](O)[C@H](O)[C@@H]1O. The Morgan fingerprint density at radius 2 is 0.933 bits per heavy atom. The molecule has 0 spiro atoms. The van der Waals surface area contributed by atoms with E-state index in [4.69, 9.17) is 24.7 Å². The summed E-state index contributed by atoms with van der Waals surface area (Å²) >= 11 is 0. The third kappa shape index (κ3) is 25.8. The predicted molar refractivity (Wildman–Crippen MR) is 270 cm³/mol. The number of hydrogen-bond acceptors (Lipinski definition) is 18. The van der Waals surface area contributed by atoms with E-state index < -0.39 is 85.3 Å². The standard InChI is InChI=1S/C51H85N7O17/c1-32-42(64)44(66)46(68)50(74-32)72-29-27-54-38(60)20-11-6-15-26-56-49(71)36(57-40(62)23-9-3-4-10-24-41(63)58-48(70)35(52)31-34-17-7-5-8-18-34)19-14-16-25-53-37(59)21-12-13-22-39(61)55-28-30-73-51-47(69)45(67)43(65)33(2)75-51/h5,7-8,17-18,32-33,35-36,42-47,50-51,64-69H,3-4,6,9-16,19-31,52H2,1-2H3,(H,53,59)(H,54,60)(H,55,61)(H,56,71)(H,57,62)(H,58,63,70)/t32-,33-,35-,36-,42+,43+,44+,45+,46-,47-,50+,51+/m0/s1. The number of carbonyl (C=O) groups excluding carboxylic acids is 7. The first-order chi connectivity index (χ1) is 35.9. The van der Waals surface area contributed by atoms with Gasteiger partial charge in [0.1, 0.15) is 42.7 Å². The predicted octanol–water partition coefficient (Wildman–Crippen LogP) is -1.53. The summed E-state index contributed by atoms with van der Waals surface area (Å²) in [6.07, 6.45) is -4.44. The van der Waals surface area contributed by atoms with Crippen LogP contribution in [0.15, 0.2) is 30.3 Å². The number of aliphatic hydroxyl groups is 6. The van der Waals surface area contributed by atoms with Crippen LogP contribution in [0.4, 0.5) is 0 Å². The first kappa shape index (κ1) is 64.6. The Labute approximate surface area is 439 Å². The van der Waals surface area contributed by atoms with E-state index in [1.165, 1.54) is 6.92 Å². The highest BCUT2D eigenvalue weighted by Gasteiger charge is 2.43. The fourth-order valence-corrected chi connectivity index (χ4v) is 8.21. The molecule has 0 aromatic heterocycles. The van der Waals surface area contributed by atoms with Gasteiger partial charge in [0.25, 0.3) is 0 Å². The molecule has 2 aliphatic rings. The van der Waals surface area contributed by atoms with Gasteiger partial charge in [0.15, 0.2) is 12.6 Å². The average Bonchev–Trinajstić information content (AvgIpc) is 3.38. The molecule has 24 nitrogen and oxygen atoms in total. The van der Waals surface area contributed by atoms with Crippen molar-refractivity contribution in [1.82, 2.24) is 31.9 Å². The minimum absolute atomic E-state index is 0.00408. The summed E-state index contributed by atoms with van der Waals surface area (Å²) in [4.78, 5) is 88.2. The molecule has 2 saturated heterocycles. The minimum atomic E-state index is -1.44. The van der Waals surface area contributed by atoms with Crippen LogP contribution < -0.4 is 37.6 Å². The zero-order valence-electron chi connectivity index (χ0n) is 43.5. The molecule has 7 amide bonds. The van der Waals surface area contributed by atoms with Crippen molar-refractivity contribution >= 4 is 41.4 Å². The van der Waals surface area contributed by atoms with E-state index in [1.54, 1.807) is 6.92 Å². The number of nitrogens with one attached hydrogen (secondary N) is 6. The van der Waals surface area contributed by atoms with E-state index >= 15 is 0 Å². The number of aliphatic hydroxyl groups excluding tert-OH is 6. The van der Waals surface area contributed by atoms with E-state index in [0.29, 0.717) is 96.6 Å². The van der Waals surface area contributed by atoms with E-state index in [2.05, 4.69) is 31.9 Å². The summed E-state index contributed by atoms with van der Waals surface area (Å²) in [5, 5.41) is 75.9. The van der Waals surface area contributed by atoms with Crippen molar-refractivity contribution in [2.24, 2.45) is 5.73 Å². The summed E-state index contributed by atoms with van der Waals surface area (Å²) < 4.78 is 21.6. The third-order valence-electron chi connectivity index (χ3n) is 12.8. The molecular formula is C51H85N7O17. The number of nitrogens with two attached hydrogens (primary N) is 1. The number of imide groups is 1. The number of benzene rings is 1. The van der Waals surface area contributed by atoms with E-state index in [0.717, 1.165) is 5.56 Å². The highest BCUT2D eigenvalue weighted by atomic mass is 16.7. The second kappa shape index (κ2) is 36.3. The van der Waals surface area contributed by atoms with Crippen LogP contribution in [0.25, 0.3) is 0 Å². The number of amides is 7. The van der Waals surface area contributed by atoms with Gasteiger partial charge < -0.3 is 81.9 Å². The lowest BCUT2D eigenvalue weighted by Crippen LogP contribution is -2.57. The topological polar surface area (TPSA) is 376 Å². The Balaban J connectivity index is 1.31. The summed E-state index contributed by atoms with van der Waals surface area (Å²) in [5.74, 6) is -2.28. The number of unbranched alkanes of at least 4 members (excludes halogenated alkanes) is 7. The molecular weight excluding hydrogens is 983 g/mol. The van der Waals surface area contributed by atoms with Crippen molar-refractivity contribution in [3.8, 4) is 0 Å². The lowest BCUT2D eigenvalue weighted by molar-refractivity contribution is -0.292. The monoisotopic (exact) mass is 1070 g/mol. The molecule has 0 unspecified atom stereocenters. The van der Waals surface area contributed by atoms with Crippen LogP contribution in [-0.2, 0) is 58.9 Å². The van der Waals surface area contributed by atoms with Gasteiger partial charge in [-0.15, -0.1) is 0 Å². The quantitative estimate of drug-likeness (QED) is 0.0339. The molecule has 1 aromatic rings. The number of hydrogen-bond donors (Lipinski definition) is 13. The van der Waals surface area contributed by atoms with Crippen LogP contribution in [0.3, 0.4) is 0 Å². The second-order valence-electron chi connectivity index (χ2n) is 19.2. The molecule has 0 bridgehead atoms. The van der Waals surface area contributed by atoms with Crippen molar-refractivity contribution in [2.45, 2.75) is 203 Å². The summed E-state index contributed by atoms with van der Waals surface area (Å²) in [7, 11) is 0. The fourth-order valence-electron chi connectivity index (χ4n) is 8.21. The molecule has 14 N–H and O–H groups in total. The Morgan fingerprint density at radius 1 is 0.507 bits per heavy atom. The maximum Gasteiger partial charge on any atom is 0.243 e. The summed E-state index contributed by atoms with van der Waals surface area (Å²) in [6, 6.07) is 7.57. The lowest BCUT2D eigenvalue weighted by atomic mass is 10.0. The molecule has 1 aromatic carbocycles. The minimum Gasteiger partial charge on any atom is -0.388 e. The first-order valence-electron chi connectivity index (χ1n) is 26.5. The molecule has 426 valence electrons. The van der Waals surface area contributed by atoms with Crippen LogP contribution in [0.1, 0.15) is 129 Å². The van der Waals surface area contributed by atoms with E-state index in [1.807, 2.05) is 30.3 Å². The highest BCUT2D eigenvalue weighted by molar-refractivity contribution is 5.97. The molecule has 2 heterocycles. The van der Waals surface area contributed by atoms with Crippen LogP contribution in [0.5, 0.6) is 0 Å². The Bertz CT molecular complexity index is 1870. The Morgan fingerprint density at radius 3 is 1.45 bits per heavy atom. The third-order valence-corrected chi connectivity index (χ3v) is 12.8.